The van der Waals surface area contributed by atoms with Gasteiger partial charge in [-0.15, -0.1) is 0 Å². The summed E-state index contributed by atoms with van der Waals surface area (Å²) in [6.07, 6.45) is 5.55. The van der Waals surface area contributed by atoms with Crippen LogP contribution in [0.5, 0.6) is 11.5 Å². The van der Waals surface area contributed by atoms with Crippen molar-refractivity contribution in [3.63, 3.8) is 0 Å². The number of rotatable bonds is 9. The third-order valence-electron chi connectivity index (χ3n) is 3.52. The highest BCUT2D eigenvalue weighted by Gasteiger charge is 2.12. The lowest BCUT2D eigenvalue weighted by molar-refractivity contribution is -0.139. The Morgan fingerprint density at radius 1 is 1.07 bits per heavy atom. The van der Waals surface area contributed by atoms with Crippen molar-refractivity contribution in [2.24, 2.45) is 5.10 Å². The van der Waals surface area contributed by atoms with Crippen molar-refractivity contribution in [1.29, 1.82) is 0 Å². The number of hydrogen-bond acceptors (Lipinski definition) is 6. The number of aromatic nitrogens is 1. The van der Waals surface area contributed by atoms with Gasteiger partial charge in [-0.2, -0.15) is 5.10 Å². The zero-order chi connectivity index (χ0) is 20.2. The standard InChI is InChI=1S/C20H24N4O4/c1-3-11-28-17-6-5-16(12-18(17)27-4-2)14-23-24-20(26)19(25)22-13-15-7-9-21-10-8-15/h5-10,12,14H,3-4,11,13H2,1-2H3,(H,22,25)(H,24,26)/b23-14+. The molecule has 0 saturated carbocycles. The number of carbonyl (C=O) groups excluding carboxylic acids is 2. The molecule has 0 spiro atoms. The van der Waals surface area contributed by atoms with E-state index < -0.39 is 11.8 Å². The minimum Gasteiger partial charge on any atom is -0.490 e. The van der Waals surface area contributed by atoms with Crippen LogP contribution in [-0.2, 0) is 16.1 Å². The van der Waals surface area contributed by atoms with Gasteiger partial charge in [0.2, 0.25) is 0 Å². The first-order valence-electron chi connectivity index (χ1n) is 9.03. The molecule has 2 aromatic rings. The van der Waals surface area contributed by atoms with E-state index >= 15 is 0 Å². The van der Waals surface area contributed by atoms with Gasteiger partial charge in [-0.25, -0.2) is 5.43 Å². The molecular formula is C20H24N4O4. The summed E-state index contributed by atoms with van der Waals surface area (Å²) in [6, 6.07) is 8.83. The summed E-state index contributed by atoms with van der Waals surface area (Å²) in [5.74, 6) is -0.368. The van der Waals surface area contributed by atoms with Crippen molar-refractivity contribution in [3.05, 3.63) is 53.9 Å². The highest BCUT2D eigenvalue weighted by atomic mass is 16.5. The molecule has 0 atom stereocenters. The van der Waals surface area contributed by atoms with E-state index in [4.69, 9.17) is 9.47 Å². The van der Waals surface area contributed by atoms with Crippen molar-refractivity contribution in [3.8, 4) is 11.5 Å². The van der Waals surface area contributed by atoms with E-state index in [2.05, 4.69) is 20.8 Å². The monoisotopic (exact) mass is 384 g/mol. The lowest BCUT2D eigenvalue weighted by atomic mass is 10.2. The topological polar surface area (TPSA) is 102 Å². The molecule has 0 fully saturated rings. The summed E-state index contributed by atoms with van der Waals surface area (Å²) in [5, 5.41) is 6.33. The maximum Gasteiger partial charge on any atom is 0.329 e. The second kappa shape index (κ2) is 11.3. The molecule has 2 N–H and O–H groups in total. The van der Waals surface area contributed by atoms with Gasteiger partial charge in [0.15, 0.2) is 11.5 Å². The van der Waals surface area contributed by atoms with Crippen LogP contribution in [-0.4, -0.2) is 36.2 Å². The molecule has 0 radical (unpaired) electrons. The maximum atomic E-state index is 11.8. The number of carbonyl (C=O) groups is 2. The van der Waals surface area contributed by atoms with Gasteiger partial charge in [0.1, 0.15) is 0 Å². The van der Waals surface area contributed by atoms with Crippen molar-refractivity contribution in [2.45, 2.75) is 26.8 Å². The van der Waals surface area contributed by atoms with E-state index in [1.54, 1.807) is 42.7 Å². The molecule has 2 rings (SSSR count). The highest BCUT2D eigenvalue weighted by Crippen LogP contribution is 2.28. The number of benzene rings is 1. The Morgan fingerprint density at radius 2 is 1.86 bits per heavy atom. The van der Waals surface area contributed by atoms with Crippen LogP contribution in [0.15, 0.2) is 47.8 Å². The van der Waals surface area contributed by atoms with E-state index in [0.717, 1.165) is 12.0 Å². The third kappa shape index (κ3) is 6.71. The number of nitrogens with one attached hydrogen (secondary N) is 2. The van der Waals surface area contributed by atoms with Gasteiger partial charge in [-0.1, -0.05) is 6.92 Å². The second-order valence-electron chi connectivity index (χ2n) is 5.72. The van der Waals surface area contributed by atoms with E-state index in [1.165, 1.54) is 6.21 Å². The molecular weight excluding hydrogens is 360 g/mol. The predicted octanol–water partition coefficient (Wildman–Crippen LogP) is 2.04. The molecule has 0 bridgehead atoms. The number of nitrogens with zero attached hydrogens (tertiary/aromatic N) is 2. The minimum atomic E-state index is -0.849. The lowest BCUT2D eigenvalue weighted by Gasteiger charge is -2.11. The molecule has 2 amide bonds. The largest absolute Gasteiger partial charge is 0.490 e. The number of pyridine rings is 1. The second-order valence-corrected chi connectivity index (χ2v) is 5.72. The molecule has 0 aliphatic heterocycles. The molecule has 8 heteroatoms. The molecule has 0 aliphatic carbocycles. The summed E-state index contributed by atoms with van der Waals surface area (Å²) in [5.41, 5.74) is 3.74. The summed E-state index contributed by atoms with van der Waals surface area (Å²) in [6.45, 7) is 5.23. The van der Waals surface area contributed by atoms with Crippen molar-refractivity contribution >= 4 is 18.0 Å². The van der Waals surface area contributed by atoms with Gasteiger partial charge in [0, 0.05) is 18.9 Å². The van der Waals surface area contributed by atoms with Crippen LogP contribution in [0.1, 0.15) is 31.4 Å². The first-order chi connectivity index (χ1) is 13.6. The number of hydrazone groups is 1. The Kier molecular flexibility index (Phi) is 8.45. The fraction of sp³-hybridized carbons (Fsp3) is 0.300. The molecule has 1 aromatic heterocycles. The quantitative estimate of drug-likeness (QED) is 0.391. The average molecular weight is 384 g/mol. The molecule has 28 heavy (non-hydrogen) atoms. The van der Waals surface area contributed by atoms with Gasteiger partial charge >= 0.3 is 11.8 Å². The van der Waals surface area contributed by atoms with Gasteiger partial charge in [0.25, 0.3) is 0 Å². The van der Waals surface area contributed by atoms with Gasteiger partial charge in [-0.05, 0) is 54.8 Å². The van der Waals surface area contributed by atoms with E-state index in [0.29, 0.717) is 30.3 Å². The smallest absolute Gasteiger partial charge is 0.329 e. The minimum absolute atomic E-state index is 0.232. The van der Waals surface area contributed by atoms with Crippen LogP contribution >= 0.6 is 0 Å². The Hall–Kier alpha value is -3.42. The number of ether oxygens (including phenoxy) is 2. The SMILES string of the molecule is CCCOc1ccc(/C=N/NC(=O)C(=O)NCc2ccncc2)cc1OCC. The first-order valence-corrected chi connectivity index (χ1v) is 9.03. The zero-order valence-electron chi connectivity index (χ0n) is 16.0. The van der Waals surface area contributed by atoms with E-state index in [1.807, 2.05) is 13.8 Å². The summed E-state index contributed by atoms with van der Waals surface area (Å²) >= 11 is 0. The Morgan fingerprint density at radius 3 is 2.57 bits per heavy atom. The maximum absolute atomic E-state index is 11.8. The molecule has 8 nitrogen and oxygen atoms in total. The Bertz CT molecular complexity index is 809. The molecule has 0 saturated heterocycles. The van der Waals surface area contributed by atoms with Gasteiger partial charge in [0.05, 0.1) is 19.4 Å². The van der Waals surface area contributed by atoms with Crippen LogP contribution in [0, 0.1) is 0 Å². The number of hydrogen-bond donors (Lipinski definition) is 2. The predicted molar refractivity (Wildman–Crippen MR) is 105 cm³/mol. The molecule has 1 aromatic carbocycles. The van der Waals surface area contributed by atoms with Crippen molar-refractivity contribution < 1.29 is 19.1 Å². The summed E-state index contributed by atoms with van der Waals surface area (Å²) in [4.78, 5) is 27.5. The third-order valence-corrected chi connectivity index (χ3v) is 3.52. The van der Waals surface area contributed by atoms with Crippen molar-refractivity contribution in [1.82, 2.24) is 15.7 Å². The Balaban J connectivity index is 1.89. The van der Waals surface area contributed by atoms with Crippen LogP contribution in [0.2, 0.25) is 0 Å². The fourth-order valence-corrected chi connectivity index (χ4v) is 2.18. The van der Waals surface area contributed by atoms with Crippen LogP contribution in [0.3, 0.4) is 0 Å². The normalized spacial score (nSPS) is 10.5. The van der Waals surface area contributed by atoms with Crippen LogP contribution < -0.4 is 20.2 Å². The van der Waals surface area contributed by atoms with Gasteiger partial charge in [-0.3, -0.25) is 14.6 Å². The number of amides is 2. The van der Waals surface area contributed by atoms with Gasteiger partial charge < -0.3 is 14.8 Å². The lowest BCUT2D eigenvalue weighted by Crippen LogP contribution is -2.37. The highest BCUT2D eigenvalue weighted by molar-refractivity contribution is 6.35. The Labute approximate surface area is 164 Å². The summed E-state index contributed by atoms with van der Waals surface area (Å²) < 4.78 is 11.2. The fourth-order valence-electron chi connectivity index (χ4n) is 2.18. The first kappa shape index (κ1) is 20.9. The van der Waals surface area contributed by atoms with Crippen LogP contribution in [0.25, 0.3) is 0 Å². The van der Waals surface area contributed by atoms with Crippen LogP contribution in [0.4, 0.5) is 0 Å². The van der Waals surface area contributed by atoms with E-state index in [9.17, 15) is 9.59 Å². The summed E-state index contributed by atoms with van der Waals surface area (Å²) in [7, 11) is 0. The zero-order valence-corrected chi connectivity index (χ0v) is 16.0. The molecule has 0 aliphatic rings. The molecule has 1 heterocycles. The molecule has 0 unspecified atom stereocenters. The van der Waals surface area contributed by atoms with E-state index in [-0.39, 0.29) is 6.54 Å². The average Bonchev–Trinajstić information content (AvgIpc) is 2.72. The van der Waals surface area contributed by atoms with Crippen molar-refractivity contribution in [2.75, 3.05) is 13.2 Å². The molecule has 148 valence electrons.